The van der Waals surface area contributed by atoms with E-state index in [2.05, 4.69) is 4.90 Å². The van der Waals surface area contributed by atoms with Gasteiger partial charge in [-0.25, -0.2) is 14.8 Å². The number of likely N-dealkylation sites (N-methyl/N-ethyl adjacent to an activating group) is 1. The fourth-order valence-electron chi connectivity index (χ4n) is 8.34. The van der Waals surface area contributed by atoms with Gasteiger partial charge in [0.15, 0.2) is 23.4 Å². The highest BCUT2D eigenvalue weighted by atomic mass is 16.8. The lowest BCUT2D eigenvalue weighted by molar-refractivity contribution is -0.249. The molecule has 4 aliphatic rings. The van der Waals surface area contributed by atoms with Crippen LogP contribution in [0, 0.1) is 5.92 Å². The standard InChI is InChI=1S/C35H29N3O7/c1-33(2)43-28-21-17-38(3)34(20-13-7-5-11-18(20)26-29(34)37-23-15-9-8-14-22(23)36-26)35(21,45-32(28)44-33)30-25(31(40)41-4)27(39)19-12-6-10-16-24(19)42-30/h5-16,21,28,32H,17H2,1-4H3/t21-,28-,32+,34+,35-/m0/s1. The van der Waals surface area contributed by atoms with Crippen LogP contribution in [-0.4, -0.2) is 59.7 Å². The van der Waals surface area contributed by atoms with Gasteiger partial charge < -0.3 is 23.4 Å². The predicted octanol–water partition coefficient (Wildman–Crippen LogP) is 4.71. The van der Waals surface area contributed by atoms with Crippen molar-refractivity contribution in [2.45, 2.75) is 43.2 Å². The Morgan fingerprint density at radius 3 is 2.44 bits per heavy atom. The van der Waals surface area contributed by atoms with Crippen molar-refractivity contribution in [2.75, 3.05) is 20.7 Å². The largest absolute Gasteiger partial charge is 0.465 e. The average Bonchev–Trinajstić information content (AvgIpc) is 3.69. The summed E-state index contributed by atoms with van der Waals surface area (Å²) in [5, 5.41) is 0.264. The first-order chi connectivity index (χ1) is 21.7. The molecule has 45 heavy (non-hydrogen) atoms. The van der Waals surface area contributed by atoms with Crippen LogP contribution in [0.4, 0.5) is 0 Å². The van der Waals surface area contributed by atoms with Crippen molar-refractivity contribution in [3.05, 3.63) is 106 Å². The molecule has 9 rings (SSSR count). The van der Waals surface area contributed by atoms with E-state index in [1.165, 1.54) is 7.11 Å². The predicted molar refractivity (Wildman–Crippen MR) is 162 cm³/mol. The lowest BCUT2D eigenvalue weighted by atomic mass is 9.68. The molecule has 3 fully saturated rings. The van der Waals surface area contributed by atoms with Gasteiger partial charge in [0.05, 0.1) is 34.9 Å². The molecular weight excluding hydrogens is 574 g/mol. The number of benzene rings is 3. The van der Waals surface area contributed by atoms with E-state index >= 15 is 0 Å². The molecule has 10 nitrogen and oxygen atoms in total. The Bertz CT molecular complexity index is 2160. The normalized spacial score (nSPS) is 29.2. The number of rotatable bonds is 2. The molecule has 0 amide bonds. The van der Waals surface area contributed by atoms with Crippen molar-refractivity contribution < 1.29 is 28.2 Å². The molecule has 0 bridgehead atoms. The first kappa shape index (κ1) is 26.9. The topological polar surface area (TPSA) is 113 Å². The molecule has 0 saturated carbocycles. The van der Waals surface area contributed by atoms with Gasteiger partial charge in [-0.05, 0) is 50.7 Å². The molecule has 5 aromatic rings. The molecule has 3 aliphatic heterocycles. The number of carbonyl (C=O) groups is 1. The number of esters is 1. The smallest absolute Gasteiger partial charge is 0.345 e. The Kier molecular flexibility index (Phi) is 5.27. The van der Waals surface area contributed by atoms with Gasteiger partial charge >= 0.3 is 5.97 Å². The third-order valence-corrected chi connectivity index (χ3v) is 9.90. The van der Waals surface area contributed by atoms with Crippen molar-refractivity contribution in [3.63, 3.8) is 0 Å². The SMILES string of the molecule is COC(=O)c1c([C@@]23O[C@H]4OC(C)(C)O[C@H]4[C@@H]2CN(C)[C@@]32c3ccccc3-c3nc4ccccc4nc32)oc2ccccc2c1=O. The molecule has 1 spiro atoms. The van der Waals surface area contributed by atoms with Crippen LogP contribution >= 0.6 is 0 Å². The van der Waals surface area contributed by atoms with Crippen molar-refractivity contribution in [1.82, 2.24) is 14.9 Å². The van der Waals surface area contributed by atoms with Crippen molar-refractivity contribution in [1.29, 1.82) is 0 Å². The summed E-state index contributed by atoms with van der Waals surface area (Å²) in [6.07, 6.45) is -1.36. The minimum Gasteiger partial charge on any atom is -0.465 e. The average molecular weight is 604 g/mol. The molecule has 0 radical (unpaired) electrons. The molecule has 1 aliphatic carbocycles. The molecule has 5 heterocycles. The molecule has 3 aromatic carbocycles. The Labute approximate surface area is 257 Å². The molecule has 226 valence electrons. The number of aromatic nitrogens is 2. The van der Waals surface area contributed by atoms with E-state index in [1.54, 1.807) is 24.3 Å². The number of ether oxygens (including phenoxy) is 4. The lowest BCUT2D eigenvalue weighted by Gasteiger charge is -2.46. The van der Waals surface area contributed by atoms with Gasteiger partial charge in [-0.15, -0.1) is 0 Å². The van der Waals surface area contributed by atoms with Crippen LogP contribution < -0.4 is 5.43 Å². The number of likely N-dealkylation sites (tertiary alicyclic amines) is 1. The second-order valence-electron chi connectivity index (χ2n) is 12.6. The third-order valence-electron chi connectivity index (χ3n) is 9.90. The Morgan fingerprint density at radius 2 is 1.64 bits per heavy atom. The zero-order valence-electron chi connectivity index (χ0n) is 25.1. The lowest BCUT2D eigenvalue weighted by Crippen LogP contribution is -2.56. The Morgan fingerprint density at radius 1 is 0.933 bits per heavy atom. The van der Waals surface area contributed by atoms with Gasteiger partial charge in [-0.3, -0.25) is 9.69 Å². The van der Waals surface area contributed by atoms with Crippen LogP contribution in [0.2, 0.25) is 0 Å². The summed E-state index contributed by atoms with van der Waals surface area (Å²) in [5.41, 5.74) is 1.39. The number of hydrogen-bond donors (Lipinski definition) is 0. The van der Waals surface area contributed by atoms with E-state index in [0.29, 0.717) is 29.0 Å². The minimum atomic E-state index is -1.53. The summed E-state index contributed by atoms with van der Waals surface area (Å²) >= 11 is 0. The summed E-state index contributed by atoms with van der Waals surface area (Å²) in [6.45, 7) is 4.14. The van der Waals surface area contributed by atoms with Gasteiger partial charge in [0.1, 0.15) is 22.8 Å². The highest BCUT2D eigenvalue weighted by Gasteiger charge is 2.80. The maximum Gasteiger partial charge on any atom is 0.345 e. The summed E-state index contributed by atoms with van der Waals surface area (Å²) < 4.78 is 32.1. The van der Waals surface area contributed by atoms with Crippen LogP contribution in [0.1, 0.15) is 41.2 Å². The highest BCUT2D eigenvalue weighted by molar-refractivity contribution is 5.95. The fourth-order valence-corrected chi connectivity index (χ4v) is 8.34. The molecule has 0 N–H and O–H groups in total. The summed E-state index contributed by atoms with van der Waals surface area (Å²) in [7, 11) is 3.25. The van der Waals surface area contributed by atoms with Crippen molar-refractivity contribution in [2.24, 2.45) is 5.92 Å². The maximum absolute atomic E-state index is 14.3. The Balaban J connectivity index is 1.46. The fraction of sp³-hybridized carbons (Fsp3) is 0.314. The van der Waals surface area contributed by atoms with Crippen LogP contribution in [0.15, 0.2) is 82.0 Å². The van der Waals surface area contributed by atoms with Crippen LogP contribution in [0.5, 0.6) is 0 Å². The number of para-hydroxylation sites is 3. The quantitative estimate of drug-likeness (QED) is 0.263. The second-order valence-corrected chi connectivity index (χ2v) is 12.6. The first-order valence-corrected chi connectivity index (χ1v) is 15.0. The van der Waals surface area contributed by atoms with Gasteiger partial charge in [0.2, 0.25) is 5.43 Å². The molecule has 10 heteroatoms. The van der Waals surface area contributed by atoms with Crippen molar-refractivity contribution in [3.8, 4) is 11.3 Å². The van der Waals surface area contributed by atoms with E-state index in [-0.39, 0.29) is 16.7 Å². The summed E-state index contributed by atoms with van der Waals surface area (Å²) in [6, 6.07) is 22.6. The molecular formula is C35H29N3O7. The minimum absolute atomic E-state index is 0.0596. The van der Waals surface area contributed by atoms with Gasteiger partial charge in [0.25, 0.3) is 0 Å². The van der Waals surface area contributed by atoms with E-state index in [4.69, 9.17) is 33.3 Å². The van der Waals surface area contributed by atoms with E-state index in [0.717, 1.165) is 16.6 Å². The Hall–Kier alpha value is -4.48. The zero-order chi connectivity index (χ0) is 30.9. The highest BCUT2D eigenvalue weighted by Crippen LogP contribution is 2.70. The van der Waals surface area contributed by atoms with Crippen LogP contribution in [-0.2, 0) is 30.1 Å². The first-order valence-electron chi connectivity index (χ1n) is 15.0. The molecule has 0 unspecified atom stereocenters. The van der Waals surface area contributed by atoms with Gasteiger partial charge in [-0.1, -0.05) is 48.5 Å². The van der Waals surface area contributed by atoms with E-state index < -0.39 is 46.6 Å². The summed E-state index contributed by atoms with van der Waals surface area (Å²) in [5.74, 6) is -2.13. The monoisotopic (exact) mass is 603 g/mol. The van der Waals surface area contributed by atoms with Crippen molar-refractivity contribution >= 4 is 28.0 Å². The van der Waals surface area contributed by atoms with Crippen LogP contribution in [0.3, 0.4) is 0 Å². The molecule has 2 aromatic heterocycles. The van der Waals surface area contributed by atoms with Gasteiger partial charge in [-0.2, -0.15) is 0 Å². The molecule has 5 atom stereocenters. The zero-order valence-corrected chi connectivity index (χ0v) is 25.1. The number of hydrogen-bond acceptors (Lipinski definition) is 10. The number of carbonyl (C=O) groups excluding carboxylic acids is 1. The number of fused-ring (bicyclic) bond motifs is 11. The maximum atomic E-state index is 14.3. The van der Waals surface area contributed by atoms with Crippen LogP contribution in [0.25, 0.3) is 33.3 Å². The summed E-state index contributed by atoms with van der Waals surface area (Å²) in [4.78, 5) is 40.6. The van der Waals surface area contributed by atoms with Gasteiger partial charge in [0, 0.05) is 18.0 Å². The molecule has 3 saturated heterocycles. The number of nitrogens with zero attached hydrogens (tertiary/aromatic N) is 3. The number of methoxy groups -OCH3 is 1. The third kappa shape index (κ3) is 3.17. The van der Waals surface area contributed by atoms with E-state index in [9.17, 15) is 9.59 Å². The van der Waals surface area contributed by atoms with E-state index in [1.807, 2.05) is 69.4 Å². The second kappa shape index (κ2) is 8.82.